The van der Waals surface area contributed by atoms with Crippen LogP contribution in [0, 0.1) is 10.1 Å². The van der Waals surface area contributed by atoms with Gasteiger partial charge in [0.05, 0.1) is 17.9 Å². The van der Waals surface area contributed by atoms with Crippen LogP contribution in [0.5, 0.6) is 5.75 Å². The lowest BCUT2D eigenvalue weighted by Crippen LogP contribution is -2.44. The average Bonchev–Trinajstić information content (AvgIpc) is 3.51. The van der Waals surface area contributed by atoms with E-state index in [1.54, 1.807) is 31.4 Å². The van der Waals surface area contributed by atoms with Crippen molar-refractivity contribution in [1.82, 2.24) is 19.7 Å². The monoisotopic (exact) mass is 454 g/mol. The topological polar surface area (TPSA) is 132 Å². The minimum Gasteiger partial charge on any atom is -0.497 e. The number of carbonyl (C=O) groups is 2. The summed E-state index contributed by atoms with van der Waals surface area (Å²) in [4.78, 5) is 42.2. The Labute approximate surface area is 186 Å². The quantitative estimate of drug-likeness (QED) is 0.443. The molecule has 1 N–H and O–H groups in total. The van der Waals surface area contributed by atoms with Crippen LogP contribution in [0.4, 0.5) is 11.4 Å². The van der Waals surface area contributed by atoms with Crippen LogP contribution in [0.3, 0.4) is 0 Å². The molecule has 1 aliphatic rings. The fourth-order valence-corrected chi connectivity index (χ4v) is 4.41. The van der Waals surface area contributed by atoms with E-state index in [-0.39, 0.29) is 22.8 Å². The minimum absolute atomic E-state index is 0.116. The van der Waals surface area contributed by atoms with Gasteiger partial charge in [-0.2, -0.15) is 5.10 Å². The lowest BCUT2D eigenvalue weighted by atomic mass is 10.1. The first kappa shape index (κ1) is 21.3. The maximum absolute atomic E-state index is 13.1. The number of ether oxygens (including phenoxy) is 1. The molecule has 1 atom stereocenters. The summed E-state index contributed by atoms with van der Waals surface area (Å²) >= 11 is 1.44. The second-order valence-electron chi connectivity index (χ2n) is 6.81. The molecular formula is C20H18N6O5S. The molecule has 32 heavy (non-hydrogen) atoms. The van der Waals surface area contributed by atoms with Crippen LogP contribution in [0.15, 0.2) is 55.1 Å². The van der Waals surface area contributed by atoms with Crippen LogP contribution in [-0.4, -0.2) is 61.2 Å². The Bertz CT molecular complexity index is 1150. The largest absolute Gasteiger partial charge is 0.497 e. The van der Waals surface area contributed by atoms with Crippen molar-refractivity contribution in [1.29, 1.82) is 0 Å². The van der Waals surface area contributed by atoms with Gasteiger partial charge in [0.25, 0.3) is 11.6 Å². The SMILES string of the molecule is COc1ccc(NC(=O)C2CSCN2C(=O)c2ccc(-n3cncn3)c([N+](=O)[O-])c2)cc1. The van der Waals surface area contributed by atoms with E-state index >= 15 is 0 Å². The Balaban J connectivity index is 1.54. The zero-order valence-electron chi connectivity index (χ0n) is 16.9. The standard InChI is InChI=1S/C20H18N6O5S/c1-31-15-5-3-14(4-6-15)23-19(27)18-9-32-12-24(18)20(28)13-2-7-16(17(8-13)26(29)30)25-11-21-10-22-25/h2-8,10-11,18H,9,12H2,1H3,(H,23,27). The molecule has 1 saturated heterocycles. The van der Waals surface area contributed by atoms with E-state index in [1.807, 2.05) is 0 Å². The van der Waals surface area contributed by atoms with E-state index in [0.717, 1.165) is 0 Å². The molecule has 11 nitrogen and oxygen atoms in total. The molecule has 2 amide bonds. The Kier molecular flexibility index (Phi) is 6.03. The third kappa shape index (κ3) is 4.25. The lowest BCUT2D eigenvalue weighted by Gasteiger charge is -2.23. The number of nitrogens with zero attached hydrogens (tertiary/aromatic N) is 5. The predicted octanol–water partition coefficient (Wildman–Crippen LogP) is 2.34. The number of nitrogens with one attached hydrogen (secondary N) is 1. The first-order chi connectivity index (χ1) is 15.5. The summed E-state index contributed by atoms with van der Waals surface area (Å²) in [6, 6.07) is 10.3. The smallest absolute Gasteiger partial charge is 0.295 e. The fourth-order valence-electron chi connectivity index (χ4n) is 3.25. The van der Waals surface area contributed by atoms with E-state index in [1.165, 1.54) is 52.2 Å². The maximum Gasteiger partial charge on any atom is 0.295 e. The van der Waals surface area contributed by atoms with Crippen molar-refractivity contribution in [3.05, 3.63) is 70.8 Å². The summed E-state index contributed by atoms with van der Waals surface area (Å²) < 4.78 is 6.36. The van der Waals surface area contributed by atoms with Gasteiger partial charge in [0.1, 0.15) is 30.1 Å². The van der Waals surface area contributed by atoms with E-state index < -0.39 is 16.9 Å². The number of nitro benzene ring substituents is 1. The molecule has 2 aromatic carbocycles. The van der Waals surface area contributed by atoms with Gasteiger partial charge in [-0.15, -0.1) is 11.8 Å². The van der Waals surface area contributed by atoms with Crippen molar-refractivity contribution in [2.75, 3.05) is 24.1 Å². The van der Waals surface area contributed by atoms with E-state index in [9.17, 15) is 19.7 Å². The third-order valence-corrected chi connectivity index (χ3v) is 5.90. The summed E-state index contributed by atoms with van der Waals surface area (Å²) in [7, 11) is 1.55. The van der Waals surface area contributed by atoms with Crippen molar-refractivity contribution in [2.24, 2.45) is 0 Å². The number of carbonyl (C=O) groups excluding carboxylic acids is 2. The molecule has 0 bridgehead atoms. The predicted molar refractivity (Wildman–Crippen MR) is 117 cm³/mol. The summed E-state index contributed by atoms with van der Waals surface area (Å²) in [6.07, 6.45) is 2.59. The van der Waals surface area contributed by atoms with Crippen molar-refractivity contribution >= 4 is 35.0 Å². The zero-order chi connectivity index (χ0) is 22.7. The zero-order valence-corrected chi connectivity index (χ0v) is 17.7. The van der Waals surface area contributed by atoms with Gasteiger partial charge in [-0.3, -0.25) is 19.7 Å². The minimum atomic E-state index is -0.705. The molecule has 0 radical (unpaired) electrons. The molecule has 164 valence electrons. The highest BCUT2D eigenvalue weighted by Crippen LogP contribution is 2.28. The first-order valence-corrected chi connectivity index (χ1v) is 10.6. The molecule has 1 unspecified atom stereocenters. The number of rotatable bonds is 6. The molecule has 12 heteroatoms. The fraction of sp³-hybridized carbons (Fsp3) is 0.200. The highest BCUT2D eigenvalue weighted by molar-refractivity contribution is 7.99. The molecule has 0 spiro atoms. The number of anilines is 1. The molecule has 1 aliphatic heterocycles. The highest BCUT2D eigenvalue weighted by Gasteiger charge is 2.36. The van der Waals surface area contributed by atoms with Crippen LogP contribution in [0.2, 0.25) is 0 Å². The normalized spacial score (nSPS) is 15.4. The number of methoxy groups -OCH3 is 1. The molecule has 0 saturated carbocycles. The van der Waals surface area contributed by atoms with Crippen molar-refractivity contribution in [3.8, 4) is 11.4 Å². The molecule has 0 aliphatic carbocycles. The Morgan fingerprint density at radius 2 is 2.03 bits per heavy atom. The molecule has 3 aromatic rings. The Morgan fingerprint density at radius 3 is 2.69 bits per heavy atom. The van der Waals surface area contributed by atoms with Crippen molar-refractivity contribution in [2.45, 2.75) is 6.04 Å². The van der Waals surface area contributed by atoms with Gasteiger partial charge in [-0.1, -0.05) is 0 Å². The number of thioether (sulfide) groups is 1. The van der Waals surface area contributed by atoms with Crippen molar-refractivity contribution < 1.29 is 19.2 Å². The van der Waals surface area contributed by atoms with Crippen LogP contribution >= 0.6 is 11.8 Å². The maximum atomic E-state index is 13.1. The van der Waals surface area contributed by atoms with Crippen LogP contribution in [-0.2, 0) is 4.79 Å². The number of benzene rings is 2. The molecule has 2 heterocycles. The lowest BCUT2D eigenvalue weighted by molar-refractivity contribution is -0.384. The van der Waals surface area contributed by atoms with Gasteiger partial charge < -0.3 is 15.0 Å². The van der Waals surface area contributed by atoms with Crippen molar-refractivity contribution in [3.63, 3.8) is 0 Å². The Hall–Kier alpha value is -3.93. The summed E-state index contributed by atoms with van der Waals surface area (Å²) in [6.45, 7) is 0. The van der Waals surface area contributed by atoms with Gasteiger partial charge in [0, 0.05) is 23.1 Å². The van der Waals surface area contributed by atoms with Gasteiger partial charge in [0.2, 0.25) is 5.91 Å². The number of aromatic nitrogens is 3. The van der Waals surface area contributed by atoms with E-state index in [0.29, 0.717) is 23.1 Å². The summed E-state index contributed by atoms with van der Waals surface area (Å²) in [5.41, 5.74) is 0.597. The van der Waals surface area contributed by atoms with Crippen LogP contribution in [0.1, 0.15) is 10.4 Å². The van der Waals surface area contributed by atoms with E-state index in [4.69, 9.17) is 4.74 Å². The number of amides is 2. The number of hydrogen-bond acceptors (Lipinski definition) is 8. The molecular weight excluding hydrogens is 436 g/mol. The van der Waals surface area contributed by atoms with Gasteiger partial charge in [-0.05, 0) is 36.4 Å². The van der Waals surface area contributed by atoms with Crippen LogP contribution in [0.25, 0.3) is 5.69 Å². The highest BCUT2D eigenvalue weighted by atomic mass is 32.2. The molecule has 1 aromatic heterocycles. The second-order valence-corrected chi connectivity index (χ2v) is 7.81. The molecule has 1 fully saturated rings. The summed E-state index contributed by atoms with van der Waals surface area (Å²) in [5.74, 6) is 0.595. The first-order valence-electron chi connectivity index (χ1n) is 9.45. The third-order valence-electron chi connectivity index (χ3n) is 4.89. The van der Waals surface area contributed by atoms with E-state index in [2.05, 4.69) is 15.4 Å². The Morgan fingerprint density at radius 1 is 1.25 bits per heavy atom. The van der Waals surface area contributed by atoms with Crippen LogP contribution < -0.4 is 10.1 Å². The van der Waals surface area contributed by atoms with Gasteiger partial charge in [-0.25, -0.2) is 9.67 Å². The number of hydrogen-bond donors (Lipinski definition) is 1. The van der Waals surface area contributed by atoms with Gasteiger partial charge >= 0.3 is 0 Å². The second kappa shape index (κ2) is 9.06. The number of nitro groups is 1. The van der Waals surface area contributed by atoms with Gasteiger partial charge in [0.15, 0.2) is 0 Å². The average molecular weight is 454 g/mol. The summed E-state index contributed by atoms with van der Waals surface area (Å²) in [5, 5.41) is 18.3. The molecule has 4 rings (SSSR count).